The molecular weight excluding hydrogens is 277 g/mol. The van der Waals surface area contributed by atoms with E-state index in [9.17, 15) is 4.39 Å². The molecule has 1 aliphatic heterocycles. The van der Waals surface area contributed by atoms with E-state index in [1.54, 1.807) is 13.2 Å². The van der Waals surface area contributed by atoms with Crippen molar-refractivity contribution in [3.8, 4) is 11.5 Å². The zero-order valence-corrected chi connectivity index (χ0v) is 11.6. The summed E-state index contributed by atoms with van der Waals surface area (Å²) >= 11 is 0. The van der Waals surface area contributed by atoms with Crippen LogP contribution in [-0.2, 0) is 15.1 Å². The number of benzene rings is 1. The second-order valence-corrected chi connectivity index (χ2v) is 4.97. The molecule has 0 amide bonds. The second-order valence-electron chi connectivity index (χ2n) is 4.97. The Kier molecular flexibility index (Phi) is 3.60. The molecule has 0 spiro atoms. The maximum absolute atomic E-state index is 13.5. The molecule has 0 atom stereocenters. The maximum atomic E-state index is 13.5. The largest absolute Gasteiger partial charge is 0.396 e. The summed E-state index contributed by atoms with van der Waals surface area (Å²) in [6.07, 6.45) is 1.30. The monoisotopic (exact) mass is 293 g/mol. The van der Waals surface area contributed by atoms with Crippen molar-refractivity contribution in [2.24, 2.45) is 0 Å². The Morgan fingerprint density at radius 2 is 2.10 bits per heavy atom. The highest BCUT2D eigenvalue weighted by molar-refractivity contribution is 5.57. The van der Waals surface area contributed by atoms with Crippen LogP contribution in [0, 0.1) is 5.82 Å². The van der Waals surface area contributed by atoms with Crippen molar-refractivity contribution >= 4 is 5.69 Å². The molecule has 1 fully saturated rings. The van der Waals surface area contributed by atoms with E-state index >= 15 is 0 Å². The van der Waals surface area contributed by atoms with Crippen molar-refractivity contribution in [3.05, 3.63) is 29.8 Å². The third-order valence-corrected chi connectivity index (χ3v) is 3.77. The third-order valence-electron chi connectivity index (χ3n) is 3.77. The molecular formula is C14H16FN3O3. The van der Waals surface area contributed by atoms with Crippen LogP contribution in [0.2, 0.25) is 0 Å². The van der Waals surface area contributed by atoms with Crippen LogP contribution in [0.5, 0.6) is 0 Å². The van der Waals surface area contributed by atoms with Crippen molar-refractivity contribution in [3.63, 3.8) is 0 Å². The van der Waals surface area contributed by atoms with Crippen molar-refractivity contribution in [2.75, 3.05) is 26.1 Å². The number of hydrogen-bond acceptors (Lipinski definition) is 6. The van der Waals surface area contributed by atoms with E-state index in [1.165, 1.54) is 12.1 Å². The first-order chi connectivity index (χ1) is 10.1. The number of aromatic nitrogens is 2. The van der Waals surface area contributed by atoms with E-state index < -0.39 is 11.4 Å². The van der Waals surface area contributed by atoms with Crippen LogP contribution in [0.15, 0.2) is 22.7 Å². The number of nitrogen functional groups attached to an aromatic ring is 1. The first-order valence-corrected chi connectivity index (χ1v) is 6.67. The fourth-order valence-electron chi connectivity index (χ4n) is 2.41. The molecule has 3 rings (SSSR count). The lowest BCUT2D eigenvalue weighted by atomic mass is 9.93. The fourth-order valence-corrected chi connectivity index (χ4v) is 2.41. The minimum Gasteiger partial charge on any atom is -0.396 e. The van der Waals surface area contributed by atoms with Gasteiger partial charge in [0.05, 0.1) is 5.69 Å². The molecule has 1 aromatic carbocycles. The SMILES string of the molecule is COC1(c2noc(-c3ccc(N)c(F)c3)n2)CCOCC1. The Bertz CT molecular complexity index is 638. The van der Waals surface area contributed by atoms with E-state index in [2.05, 4.69) is 10.1 Å². The number of nitrogens with two attached hydrogens (primary N) is 1. The molecule has 0 radical (unpaired) electrons. The van der Waals surface area contributed by atoms with Crippen molar-refractivity contribution < 1.29 is 18.4 Å². The third kappa shape index (κ3) is 2.50. The average Bonchev–Trinajstić information content (AvgIpc) is 3.01. The lowest BCUT2D eigenvalue weighted by molar-refractivity contribution is -0.101. The summed E-state index contributed by atoms with van der Waals surface area (Å²) in [5.41, 5.74) is 5.42. The number of halogens is 1. The number of anilines is 1. The van der Waals surface area contributed by atoms with Gasteiger partial charge in [-0.1, -0.05) is 5.16 Å². The average molecular weight is 293 g/mol. The van der Waals surface area contributed by atoms with Crippen LogP contribution >= 0.6 is 0 Å². The maximum Gasteiger partial charge on any atom is 0.258 e. The summed E-state index contributed by atoms with van der Waals surface area (Å²) in [6.45, 7) is 1.16. The smallest absolute Gasteiger partial charge is 0.258 e. The molecule has 1 aromatic heterocycles. The molecule has 112 valence electrons. The lowest BCUT2D eigenvalue weighted by Gasteiger charge is -2.32. The second kappa shape index (κ2) is 5.42. The van der Waals surface area contributed by atoms with Gasteiger partial charge in [-0.3, -0.25) is 0 Å². The van der Waals surface area contributed by atoms with E-state index in [0.717, 1.165) is 0 Å². The summed E-state index contributed by atoms with van der Waals surface area (Å²) in [7, 11) is 1.62. The van der Waals surface area contributed by atoms with Gasteiger partial charge in [-0.25, -0.2) is 4.39 Å². The summed E-state index contributed by atoms with van der Waals surface area (Å²) < 4.78 is 29.7. The van der Waals surface area contributed by atoms with Crippen LogP contribution in [-0.4, -0.2) is 30.5 Å². The molecule has 2 aromatic rings. The number of nitrogens with zero attached hydrogens (tertiary/aromatic N) is 2. The summed E-state index contributed by atoms with van der Waals surface area (Å²) in [5, 5.41) is 3.99. The molecule has 0 saturated carbocycles. The fraction of sp³-hybridized carbons (Fsp3) is 0.429. The number of rotatable bonds is 3. The first-order valence-electron chi connectivity index (χ1n) is 6.67. The standard InChI is InChI=1S/C14H16FN3O3/c1-19-14(4-6-20-7-5-14)13-17-12(21-18-13)9-2-3-11(16)10(15)8-9/h2-3,8H,4-7,16H2,1H3. The van der Waals surface area contributed by atoms with Gasteiger partial charge in [0.15, 0.2) is 0 Å². The molecule has 6 nitrogen and oxygen atoms in total. The quantitative estimate of drug-likeness (QED) is 0.873. The van der Waals surface area contributed by atoms with Gasteiger partial charge in [-0.15, -0.1) is 0 Å². The van der Waals surface area contributed by atoms with Crippen LogP contribution < -0.4 is 5.73 Å². The van der Waals surface area contributed by atoms with E-state index in [1.807, 2.05) is 0 Å². The predicted molar refractivity (Wildman–Crippen MR) is 72.8 cm³/mol. The van der Waals surface area contributed by atoms with Gasteiger partial charge in [-0.05, 0) is 18.2 Å². The van der Waals surface area contributed by atoms with Crippen LogP contribution in [0.4, 0.5) is 10.1 Å². The Morgan fingerprint density at radius 3 is 2.76 bits per heavy atom. The number of hydrogen-bond donors (Lipinski definition) is 1. The molecule has 0 aliphatic carbocycles. The normalized spacial score (nSPS) is 17.8. The van der Waals surface area contributed by atoms with Gasteiger partial charge in [-0.2, -0.15) is 4.98 Å². The zero-order chi connectivity index (χ0) is 14.9. The molecule has 0 unspecified atom stereocenters. The summed E-state index contributed by atoms with van der Waals surface area (Å²) in [4.78, 5) is 4.35. The molecule has 1 aliphatic rings. The minimum absolute atomic E-state index is 0.0799. The van der Waals surface area contributed by atoms with Crippen molar-refractivity contribution in [2.45, 2.75) is 18.4 Å². The highest BCUT2D eigenvalue weighted by Crippen LogP contribution is 2.34. The number of ether oxygens (including phenoxy) is 2. The zero-order valence-electron chi connectivity index (χ0n) is 11.6. The van der Waals surface area contributed by atoms with E-state index in [-0.39, 0.29) is 11.6 Å². The molecule has 21 heavy (non-hydrogen) atoms. The van der Waals surface area contributed by atoms with Gasteiger partial charge in [0.2, 0.25) is 5.82 Å². The van der Waals surface area contributed by atoms with Gasteiger partial charge in [0.1, 0.15) is 11.4 Å². The Labute approximate surface area is 121 Å². The molecule has 2 N–H and O–H groups in total. The number of methoxy groups -OCH3 is 1. The van der Waals surface area contributed by atoms with Crippen molar-refractivity contribution in [1.29, 1.82) is 0 Å². The highest BCUT2D eigenvalue weighted by atomic mass is 19.1. The van der Waals surface area contributed by atoms with E-state index in [0.29, 0.717) is 37.4 Å². The van der Waals surface area contributed by atoms with Gasteiger partial charge < -0.3 is 19.7 Å². The van der Waals surface area contributed by atoms with Gasteiger partial charge >= 0.3 is 0 Å². The van der Waals surface area contributed by atoms with E-state index in [4.69, 9.17) is 19.7 Å². The predicted octanol–water partition coefficient (Wildman–Crippen LogP) is 2.11. The van der Waals surface area contributed by atoms with Gasteiger partial charge in [0.25, 0.3) is 5.89 Å². The minimum atomic E-state index is -0.605. The lowest BCUT2D eigenvalue weighted by Crippen LogP contribution is -2.36. The van der Waals surface area contributed by atoms with Crippen LogP contribution in [0.3, 0.4) is 0 Å². The first kappa shape index (κ1) is 14.0. The molecule has 2 heterocycles. The Balaban J connectivity index is 1.93. The molecule has 1 saturated heterocycles. The topological polar surface area (TPSA) is 83.4 Å². The van der Waals surface area contributed by atoms with Crippen LogP contribution in [0.25, 0.3) is 11.5 Å². The molecule has 0 bridgehead atoms. The van der Waals surface area contributed by atoms with Gasteiger partial charge in [0, 0.05) is 38.7 Å². The van der Waals surface area contributed by atoms with Crippen molar-refractivity contribution in [1.82, 2.24) is 10.1 Å². The highest BCUT2D eigenvalue weighted by Gasteiger charge is 2.39. The summed E-state index contributed by atoms with van der Waals surface area (Å²) in [6, 6.07) is 4.38. The Morgan fingerprint density at radius 1 is 1.33 bits per heavy atom. The summed E-state index contributed by atoms with van der Waals surface area (Å²) in [5.74, 6) is 0.187. The Hall–Kier alpha value is -1.99. The van der Waals surface area contributed by atoms with Crippen LogP contribution in [0.1, 0.15) is 18.7 Å². The molecule has 7 heteroatoms.